The van der Waals surface area contributed by atoms with Crippen LogP contribution in [0.3, 0.4) is 0 Å². The lowest BCUT2D eigenvalue weighted by atomic mass is 10.1. The molecule has 0 aliphatic carbocycles. The molecule has 0 saturated carbocycles. The highest BCUT2D eigenvalue weighted by atomic mass is 79.9. The van der Waals surface area contributed by atoms with E-state index in [1.54, 1.807) is 0 Å². The summed E-state index contributed by atoms with van der Waals surface area (Å²) in [6, 6.07) is 2.57. The number of hydrogen-bond donors (Lipinski definition) is 0. The van der Waals surface area contributed by atoms with E-state index in [-0.39, 0.29) is 16.6 Å². The molecule has 2 nitrogen and oxygen atoms in total. The average molecular weight is 307 g/mol. The molecule has 1 aromatic rings. The SMILES string of the molecule is Fc1ccc(Br)c(F)c1COCC1CCOC1. The number of hydrogen-bond acceptors (Lipinski definition) is 2. The number of rotatable bonds is 4. The third-order valence-electron chi connectivity index (χ3n) is 2.76. The highest BCUT2D eigenvalue weighted by molar-refractivity contribution is 9.10. The largest absolute Gasteiger partial charge is 0.381 e. The molecule has 1 heterocycles. The van der Waals surface area contributed by atoms with Gasteiger partial charge in [-0.15, -0.1) is 0 Å². The summed E-state index contributed by atoms with van der Waals surface area (Å²) in [6.45, 7) is 1.84. The summed E-state index contributed by atoms with van der Waals surface area (Å²) < 4.78 is 37.7. The Hall–Kier alpha value is -0.520. The van der Waals surface area contributed by atoms with E-state index >= 15 is 0 Å². The van der Waals surface area contributed by atoms with Crippen molar-refractivity contribution in [1.82, 2.24) is 0 Å². The van der Waals surface area contributed by atoms with Gasteiger partial charge in [-0.1, -0.05) is 0 Å². The van der Waals surface area contributed by atoms with Crippen LogP contribution in [0.15, 0.2) is 16.6 Å². The van der Waals surface area contributed by atoms with E-state index < -0.39 is 11.6 Å². The zero-order valence-electron chi connectivity index (χ0n) is 9.22. The van der Waals surface area contributed by atoms with E-state index in [2.05, 4.69) is 15.9 Å². The van der Waals surface area contributed by atoms with Gasteiger partial charge in [-0.05, 0) is 34.5 Å². The Morgan fingerprint density at radius 3 is 2.94 bits per heavy atom. The minimum Gasteiger partial charge on any atom is -0.381 e. The molecule has 1 fully saturated rings. The first-order chi connectivity index (χ1) is 8.18. The van der Waals surface area contributed by atoms with Crippen LogP contribution < -0.4 is 0 Å². The first kappa shape index (κ1) is 12.9. The van der Waals surface area contributed by atoms with Crippen LogP contribution in [0.1, 0.15) is 12.0 Å². The highest BCUT2D eigenvalue weighted by Gasteiger charge is 2.17. The second kappa shape index (κ2) is 5.89. The van der Waals surface area contributed by atoms with Gasteiger partial charge in [0.25, 0.3) is 0 Å². The molecule has 17 heavy (non-hydrogen) atoms. The molecule has 0 amide bonds. The summed E-state index contributed by atoms with van der Waals surface area (Å²) in [6.07, 6.45) is 0.948. The van der Waals surface area contributed by atoms with Gasteiger partial charge in [0.1, 0.15) is 11.6 Å². The summed E-state index contributed by atoms with van der Waals surface area (Å²) in [4.78, 5) is 0. The average Bonchev–Trinajstić information content (AvgIpc) is 2.81. The standard InChI is InChI=1S/C12H13BrF2O2/c13-10-1-2-11(14)9(12(10)15)7-17-6-8-3-4-16-5-8/h1-2,8H,3-7H2. The lowest BCUT2D eigenvalue weighted by Gasteiger charge is -2.10. The molecular formula is C12H13BrF2O2. The molecular weight excluding hydrogens is 294 g/mol. The van der Waals surface area contributed by atoms with Crippen molar-refractivity contribution in [2.24, 2.45) is 5.92 Å². The molecule has 94 valence electrons. The van der Waals surface area contributed by atoms with Crippen LogP contribution >= 0.6 is 15.9 Å². The summed E-state index contributed by atoms with van der Waals surface area (Å²) in [5.74, 6) is -0.825. The van der Waals surface area contributed by atoms with Gasteiger partial charge in [0.15, 0.2) is 0 Å². The molecule has 0 spiro atoms. The van der Waals surface area contributed by atoms with Crippen LogP contribution in [0.2, 0.25) is 0 Å². The third kappa shape index (κ3) is 3.24. The zero-order valence-corrected chi connectivity index (χ0v) is 10.8. The maximum absolute atomic E-state index is 13.6. The third-order valence-corrected chi connectivity index (χ3v) is 3.38. The predicted octanol–water partition coefficient (Wildman–Crippen LogP) is 3.28. The number of ether oxygens (including phenoxy) is 2. The molecule has 1 saturated heterocycles. The van der Waals surface area contributed by atoms with Gasteiger partial charge in [0.2, 0.25) is 0 Å². The predicted molar refractivity (Wildman–Crippen MR) is 62.6 cm³/mol. The fraction of sp³-hybridized carbons (Fsp3) is 0.500. The quantitative estimate of drug-likeness (QED) is 0.795. The maximum Gasteiger partial charge on any atom is 0.145 e. The molecule has 0 aromatic heterocycles. The monoisotopic (exact) mass is 306 g/mol. The second-order valence-corrected chi connectivity index (χ2v) is 4.92. The van der Waals surface area contributed by atoms with E-state index in [9.17, 15) is 8.78 Å². The minimum atomic E-state index is -0.590. The Labute approximate surface area is 107 Å². The summed E-state index contributed by atoms with van der Waals surface area (Å²) >= 11 is 3.02. The van der Waals surface area contributed by atoms with Crippen molar-refractivity contribution in [2.45, 2.75) is 13.0 Å². The number of halogens is 3. The Morgan fingerprint density at radius 1 is 1.41 bits per heavy atom. The van der Waals surface area contributed by atoms with Gasteiger partial charge in [0.05, 0.1) is 29.9 Å². The number of benzene rings is 1. The van der Waals surface area contributed by atoms with Crippen molar-refractivity contribution in [1.29, 1.82) is 0 Å². The summed E-state index contributed by atoms with van der Waals surface area (Å²) in [5.41, 5.74) is -0.0294. The molecule has 5 heteroatoms. The van der Waals surface area contributed by atoms with E-state index in [0.717, 1.165) is 13.0 Å². The first-order valence-electron chi connectivity index (χ1n) is 5.46. The van der Waals surface area contributed by atoms with Gasteiger partial charge in [-0.3, -0.25) is 0 Å². The van der Waals surface area contributed by atoms with Crippen LogP contribution in [0.25, 0.3) is 0 Å². The minimum absolute atomic E-state index is 0.0294. The highest BCUT2D eigenvalue weighted by Crippen LogP contribution is 2.22. The van der Waals surface area contributed by atoms with Crippen molar-refractivity contribution in [3.8, 4) is 0 Å². The van der Waals surface area contributed by atoms with E-state index in [0.29, 0.717) is 19.1 Å². The van der Waals surface area contributed by atoms with Crippen LogP contribution in [0, 0.1) is 17.6 Å². The second-order valence-electron chi connectivity index (χ2n) is 4.07. The fourth-order valence-corrected chi connectivity index (χ4v) is 2.12. The van der Waals surface area contributed by atoms with Crippen molar-refractivity contribution in [3.05, 3.63) is 33.8 Å². The van der Waals surface area contributed by atoms with Gasteiger partial charge in [0, 0.05) is 12.5 Å². The van der Waals surface area contributed by atoms with Crippen LogP contribution in [-0.4, -0.2) is 19.8 Å². The van der Waals surface area contributed by atoms with Crippen LogP contribution in [0.4, 0.5) is 8.78 Å². The Balaban J connectivity index is 1.91. The van der Waals surface area contributed by atoms with Crippen molar-refractivity contribution >= 4 is 15.9 Å². The van der Waals surface area contributed by atoms with E-state index in [1.807, 2.05) is 0 Å². The van der Waals surface area contributed by atoms with Crippen molar-refractivity contribution in [2.75, 3.05) is 19.8 Å². The summed E-state index contributed by atoms with van der Waals surface area (Å²) in [7, 11) is 0. The van der Waals surface area contributed by atoms with Crippen LogP contribution in [0.5, 0.6) is 0 Å². The molecule has 1 aromatic carbocycles. The molecule has 2 rings (SSSR count). The topological polar surface area (TPSA) is 18.5 Å². The molecule has 0 radical (unpaired) electrons. The van der Waals surface area contributed by atoms with Gasteiger partial charge in [-0.25, -0.2) is 8.78 Å². The molecule has 1 atom stereocenters. The Bertz CT molecular complexity index is 392. The smallest absolute Gasteiger partial charge is 0.145 e. The van der Waals surface area contributed by atoms with Crippen LogP contribution in [-0.2, 0) is 16.1 Å². The molecule has 1 aliphatic rings. The molecule has 1 aliphatic heterocycles. The normalized spacial score (nSPS) is 19.8. The molecule has 0 bridgehead atoms. The first-order valence-corrected chi connectivity index (χ1v) is 6.25. The van der Waals surface area contributed by atoms with E-state index in [1.165, 1.54) is 12.1 Å². The maximum atomic E-state index is 13.6. The lowest BCUT2D eigenvalue weighted by molar-refractivity contribution is 0.0757. The van der Waals surface area contributed by atoms with Crippen molar-refractivity contribution < 1.29 is 18.3 Å². The summed E-state index contributed by atoms with van der Waals surface area (Å²) in [5, 5.41) is 0. The molecule has 1 unspecified atom stereocenters. The fourth-order valence-electron chi connectivity index (χ4n) is 1.74. The molecule has 0 N–H and O–H groups in total. The van der Waals surface area contributed by atoms with Crippen molar-refractivity contribution in [3.63, 3.8) is 0 Å². The lowest BCUT2D eigenvalue weighted by Crippen LogP contribution is -2.10. The van der Waals surface area contributed by atoms with Gasteiger partial charge < -0.3 is 9.47 Å². The Morgan fingerprint density at radius 2 is 2.24 bits per heavy atom. The van der Waals surface area contributed by atoms with E-state index in [4.69, 9.17) is 9.47 Å². The zero-order chi connectivity index (χ0) is 12.3. The van der Waals surface area contributed by atoms with Gasteiger partial charge >= 0.3 is 0 Å². The Kier molecular flexibility index (Phi) is 4.48. The van der Waals surface area contributed by atoms with Gasteiger partial charge in [-0.2, -0.15) is 0 Å².